The quantitative estimate of drug-likeness (QED) is 0.745. The van der Waals surface area contributed by atoms with E-state index in [4.69, 9.17) is 0 Å². The minimum absolute atomic E-state index is 0.104. The van der Waals surface area contributed by atoms with Crippen LogP contribution < -0.4 is 10.6 Å². The first kappa shape index (κ1) is 19.0. The zero-order valence-corrected chi connectivity index (χ0v) is 16.3. The maximum atomic E-state index is 14.8. The Hall–Kier alpha value is -2.31. The van der Waals surface area contributed by atoms with Crippen LogP contribution in [0.25, 0.3) is 10.9 Å². The fraction of sp³-hybridized carbons (Fsp3) is 0.455. The van der Waals surface area contributed by atoms with Crippen molar-refractivity contribution in [2.24, 2.45) is 5.41 Å². The van der Waals surface area contributed by atoms with E-state index in [0.29, 0.717) is 43.3 Å². The number of benzene rings is 1. The molecular formula is C22H26FN3O2. The standard InChI is InChI=1S/C22H26FN3O2/c1-13-4-5-17(20(27)26-13)15-8-14-9-16(10-18(23)19(14)25-11-15)22(28)6-7-24-12-21(22,2)3/h8-11,17,24,28H,1,4-7,12H2,2-3H3,(H,26,27). The lowest BCUT2D eigenvalue weighted by Gasteiger charge is -2.47. The second-order valence-corrected chi connectivity index (χ2v) is 8.65. The van der Waals surface area contributed by atoms with Gasteiger partial charge in [0.05, 0.1) is 11.5 Å². The van der Waals surface area contributed by atoms with E-state index in [1.165, 1.54) is 6.07 Å². The summed E-state index contributed by atoms with van der Waals surface area (Å²) in [5.41, 5.74) is 0.709. The normalized spacial score (nSPS) is 27.6. The summed E-state index contributed by atoms with van der Waals surface area (Å²) >= 11 is 0. The van der Waals surface area contributed by atoms with Crippen molar-refractivity contribution in [3.8, 4) is 0 Å². The van der Waals surface area contributed by atoms with Crippen LogP contribution in [0.15, 0.2) is 36.7 Å². The number of hydrogen-bond acceptors (Lipinski definition) is 4. The van der Waals surface area contributed by atoms with Gasteiger partial charge in [-0.3, -0.25) is 9.78 Å². The number of aromatic nitrogens is 1. The minimum atomic E-state index is -1.14. The lowest BCUT2D eigenvalue weighted by atomic mass is 9.67. The Morgan fingerprint density at radius 2 is 2.11 bits per heavy atom. The average Bonchev–Trinajstić information content (AvgIpc) is 2.63. The Bertz CT molecular complexity index is 972. The SMILES string of the molecule is C=C1CCC(c2cnc3c(F)cc(C4(O)CCNCC4(C)C)cc3c2)C(=O)N1. The van der Waals surface area contributed by atoms with Gasteiger partial charge in [0.1, 0.15) is 11.3 Å². The van der Waals surface area contributed by atoms with E-state index in [9.17, 15) is 14.3 Å². The Morgan fingerprint density at radius 3 is 2.82 bits per heavy atom. The van der Waals surface area contributed by atoms with Crippen molar-refractivity contribution < 1.29 is 14.3 Å². The van der Waals surface area contributed by atoms with Crippen LogP contribution in [0.4, 0.5) is 4.39 Å². The number of rotatable bonds is 2. The number of fused-ring (bicyclic) bond motifs is 1. The Balaban J connectivity index is 1.79. The molecule has 0 spiro atoms. The molecular weight excluding hydrogens is 357 g/mol. The Labute approximate surface area is 164 Å². The molecule has 4 rings (SSSR count). The van der Waals surface area contributed by atoms with E-state index in [1.807, 2.05) is 26.0 Å². The molecule has 2 saturated heterocycles. The van der Waals surface area contributed by atoms with Crippen molar-refractivity contribution in [1.29, 1.82) is 0 Å². The number of carbonyl (C=O) groups excluding carboxylic acids is 1. The third-order valence-corrected chi connectivity index (χ3v) is 6.34. The summed E-state index contributed by atoms with van der Waals surface area (Å²) in [4.78, 5) is 16.6. The van der Waals surface area contributed by atoms with Gasteiger partial charge in [0, 0.05) is 29.2 Å². The molecule has 2 atom stereocenters. The summed E-state index contributed by atoms with van der Waals surface area (Å²) in [5, 5.41) is 18.1. The van der Waals surface area contributed by atoms with Gasteiger partial charge in [-0.15, -0.1) is 0 Å². The van der Waals surface area contributed by atoms with Crippen molar-refractivity contribution in [2.45, 2.75) is 44.6 Å². The van der Waals surface area contributed by atoms with Gasteiger partial charge in [-0.25, -0.2) is 4.39 Å². The van der Waals surface area contributed by atoms with Gasteiger partial charge in [-0.05, 0) is 55.1 Å². The number of pyridine rings is 1. The second-order valence-electron chi connectivity index (χ2n) is 8.65. The van der Waals surface area contributed by atoms with Gasteiger partial charge in [-0.2, -0.15) is 0 Å². The van der Waals surface area contributed by atoms with E-state index in [1.54, 1.807) is 6.20 Å². The Morgan fingerprint density at radius 1 is 1.32 bits per heavy atom. The van der Waals surface area contributed by atoms with Crippen LogP contribution in [0, 0.1) is 11.2 Å². The van der Waals surface area contributed by atoms with Crippen LogP contribution in [0.2, 0.25) is 0 Å². The fourth-order valence-electron chi connectivity index (χ4n) is 4.43. The van der Waals surface area contributed by atoms with Crippen LogP contribution in [0.1, 0.15) is 50.2 Å². The smallest absolute Gasteiger partial charge is 0.231 e. The molecule has 2 aliphatic heterocycles. The molecule has 148 valence electrons. The van der Waals surface area contributed by atoms with Gasteiger partial charge in [0.15, 0.2) is 0 Å². The molecule has 28 heavy (non-hydrogen) atoms. The maximum absolute atomic E-state index is 14.8. The third-order valence-electron chi connectivity index (χ3n) is 6.34. The summed E-state index contributed by atoms with van der Waals surface area (Å²) in [6.45, 7) is 9.09. The molecule has 3 heterocycles. The zero-order valence-electron chi connectivity index (χ0n) is 16.3. The summed E-state index contributed by atoms with van der Waals surface area (Å²) in [7, 11) is 0. The van der Waals surface area contributed by atoms with Crippen molar-refractivity contribution in [3.63, 3.8) is 0 Å². The number of hydrogen-bond donors (Lipinski definition) is 3. The number of halogens is 1. The van der Waals surface area contributed by atoms with Gasteiger partial charge in [0.2, 0.25) is 5.91 Å². The van der Waals surface area contributed by atoms with E-state index in [2.05, 4.69) is 22.2 Å². The summed E-state index contributed by atoms with van der Waals surface area (Å²) in [6, 6.07) is 5.05. The van der Waals surface area contributed by atoms with Crippen molar-refractivity contribution in [3.05, 3.63) is 53.6 Å². The van der Waals surface area contributed by atoms with Crippen LogP contribution in [-0.4, -0.2) is 29.1 Å². The molecule has 2 aromatic rings. The predicted octanol–water partition coefficient (Wildman–Crippen LogP) is 3.09. The number of aliphatic hydroxyl groups is 1. The number of carbonyl (C=O) groups is 1. The molecule has 0 saturated carbocycles. The number of allylic oxidation sites excluding steroid dienone is 1. The molecule has 0 aliphatic carbocycles. The number of amides is 1. The fourth-order valence-corrected chi connectivity index (χ4v) is 4.43. The molecule has 2 fully saturated rings. The van der Waals surface area contributed by atoms with Crippen LogP contribution in [-0.2, 0) is 10.4 Å². The van der Waals surface area contributed by atoms with Crippen LogP contribution in [0.5, 0.6) is 0 Å². The number of nitrogens with zero attached hydrogens (tertiary/aromatic N) is 1. The maximum Gasteiger partial charge on any atom is 0.231 e. The highest BCUT2D eigenvalue weighted by molar-refractivity contribution is 5.88. The van der Waals surface area contributed by atoms with Crippen molar-refractivity contribution >= 4 is 16.8 Å². The molecule has 1 aromatic heterocycles. The molecule has 3 N–H and O–H groups in total. The summed E-state index contributed by atoms with van der Waals surface area (Å²) in [6.07, 6.45) is 3.45. The lowest BCUT2D eigenvalue weighted by molar-refractivity contribution is -0.122. The van der Waals surface area contributed by atoms with E-state index in [-0.39, 0.29) is 17.3 Å². The average molecular weight is 383 g/mol. The van der Waals surface area contributed by atoms with E-state index in [0.717, 1.165) is 11.3 Å². The zero-order chi connectivity index (χ0) is 20.1. The third kappa shape index (κ3) is 3.01. The number of nitrogens with one attached hydrogen (secondary N) is 2. The lowest BCUT2D eigenvalue weighted by Crippen LogP contribution is -2.53. The van der Waals surface area contributed by atoms with Crippen molar-refractivity contribution in [1.82, 2.24) is 15.6 Å². The van der Waals surface area contributed by atoms with Gasteiger partial charge in [-0.1, -0.05) is 20.4 Å². The van der Waals surface area contributed by atoms with E-state index >= 15 is 0 Å². The molecule has 6 heteroatoms. The molecule has 0 bridgehead atoms. The molecule has 0 radical (unpaired) electrons. The largest absolute Gasteiger partial charge is 0.385 e. The molecule has 5 nitrogen and oxygen atoms in total. The van der Waals surface area contributed by atoms with E-state index < -0.39 is 16.8 Å². The molecule has 2 unspecified atom stereocenters. The highest BCUT2D eigenvalue weighted by Gasteiger charge is 2.46. The van der Waals surface area contributed by atoms with Crippen LogP contribution in [0.3, 0.4) is 0 Å². The molecule has 1 amide bonds. The van der Waals surface area contributed by atoms with Crippen LogP contribution >= 0.6 is 0 Å². The summed E-state index contributed by atoms with van der Waals surface area (Å²) in [5.74, 6) is -0.886. The van der Waals surface area contributed by atoms with Gasteiger partial charge < -0.3 is 15.7 Å². The van der Waals surface area contributed by atoms with Crippen molar-refractivity contribution in [2.75, 3.05) is 13.1 Å². The highest BCUT2D eigenvalue weighted by Crippen LogP contribution is 2.45. The van der Waals surface area contributed by atoms with Gasteiger partial charge in [0.25, 0.3) is 0 Å². The minimum Gasteiger partial charge on any atom is -0.385 e. The predicted molar refractivity (Wildman–Crippen MR) is 106 cm³/mol. The first-order valence-electron chi connectivity index (χ1n) is 9.73. The second kappa shape index (κ2) is 6.64. The summed E-state index contributed by atoms with van der Waals surface area (Å²) < 4.78 is 14.8. The molecule has 1 aromatic carbocycles. The number of piperidine rings is 2. The van der Waals surface area contributed by atoms with Gasteiger partial charge >= 0.3 is 0 Å². The monoisotopic (exact) mass is 383 g/mol. The first-order chi connectivity index (χ1) is 13.2. The molecule has 2 aliphatic rings. The topological polar surface area (TPSA) is 74.2 Å². The first-order valence-corrected chi connectivity index (χ1v) is 9.73. The Kier molecular flexibility index (Phi) is 4.51. The highest BCUT2D eigenvalue weighted by atomic mass is 19.1.